The van der Waals surface area contributed by atoms with E-state index in [9.17, 15) is 0 Å². The van der Waals surface area contributed by atoms with Gasteiger partial charge in [0, 0.05) is 6.61 Å². The van der Waals surface area contributed by atoms with E-state index >= 15 is 0 Å². The summed E-state index contributed by atoms with van der Waals surface area (Å²) >= 11 is 0. The van der Waals surface area contributed by atoms with Crippen LogP contribution in [-0.4, -0.2) is 24.0 Å². The van der Waals surface area contributed by atoms with E-state index < -0.39 is 12.3 Å². The lowest BCUT2D eigenvalue weighted by molar-refractivity contribution is -0.0698. The summed E-state index contributed by atoms with van der Waals surface area (Å²) in [5.41, 5.74) is 5.31. The molecule has 0 spiro atoms. The van der Waals surface area contributed by atoms with Crippen LogP contribution in [0, 0.1) is 0 Å². The average Bonchev–Trinajstić information content (AvgIpc) is 1.77. The molecule has 3 nitrogen and oxygen atoms in total. The van der Waals surface area contributed by atoms with Crippen LogP contribution in [0.4, 0.5) is 0 Å². The van der Waals surface area contributed by atoms with Crippen molar-refractivity contribution < 1.29 is 9.84 Å². The fraction of sp³-hybridized carbons (Fsp3) is 1.00. The number of hydrogen-bond acceptors (Lipinski definition) is 3. The van der Waals surface area contributed by atoms with Gasteiger partial charge in [-0.3, -0.25) is 0 Å². The molecule has 1 aliphatic heterocycles. The summed E-state index contributed by atoms with van der Waals surface area (Å²) in [6.45, 7) is 0.693. The summed E-state index contributed by atoms with van der Waals surface area (Å²) in [7, 11) is 0. The predicted molar refractivity (Wildman–Crippen MR) is 29.2 cm³/mol. The van der Waals surface area contributed by atoms with E-state index in [1.165, 1.54) is 0 Å². The molecule has 2 atom stereocenters. The SMILES string of the molecule is N[C@@H]1OCCC[C@H]1O. The molecular formula is C5H11NO2. The van der Waals surface area contributed by atoms with Crippen LogP contribution < -0.4 is 5.73 Å². The lowest BCUT2D eigenvalue weighted by atomic mass is 10.1. The lowest BCUT2D eigenvalue weighted by Gasteiger charge is -2.23. The third-order valence-corrected chi connectivity index (χ3v) is 1.33. The van der Waals surface area contributed by atoms with Gasteiger partial charge in [-0.2, -0.15) is 0 Å². The summed E-state index contributed by atoms with van der Waals surface area (Å²) in [5.74, 6) is 0. The van der Waals surface area contributed by atoms with Crippen LogP contribution >= 0.6 is 0 Å². The summed E-state index contributed by atoms with van der Waals surface area (Å²) < 4.78 is 4.92. The third-order valence-electron chi connectivity index (χ3n) is 1.33. The van der Waals surface area contributed by atoms with Gasteiger partial charge in [-0.1, -0.05) is 0 Å². The van der Waals surface area contributed by atoms with Gasteiger partial charge in [0.2, 0.25) is 0 Å². The highest BCUT2D eigenvalue weighted by molar-refractivity contribution is 4.66. The Morgan fingerprint density at radius 2 is 2.38 bits per heavy atom. The van der Waals surface area contributed by atoms with Gasteiger partial charge < -0.3 is 15.6 Å². The molecule has 1 saturated heterocycles. The van der Waals surface area contributed by atoms with Crippen molar-refractivity contribution in [1.82, 2.24) is 0 Å². The molecule has 3 N–H and O–H groups in total. The Kier molecular flexibility index (Phi) is 1.83. The maximum absolute atomic E-state index is 8.93. The number of nitrogens with two attached hydrogens (primary N) is 1. The van der Waals surface area contributed by atoms with Crippen LogP contribution in [0.1, 0.15) is 12.8 Å². The molecule has 3 heteroatoms. The standard InChI is InChI=1S/C5H11NO2/c6-5-4(7)2-1-3-8-5/h4-5,7H,1-3,6H2/t4-,5-/m1/s1. The predicted octanol–water partition coefficient (Wildman–Crippen LogP) is -0.558. The van der Waals surface area contributed by atoms with Crippen molar-refractivity contribution >= 4 is 0 Å². The van der Waals surface area contributed by atoms with Crippen molar-refractivity contribution in [3.8, 4) is 0 Å². The second kappa shape index (κ2) is 2.44. The number of rotatable bonds is 0. The molecule has 0 aliphatic carbocycles. The van der Waals surface area contributed by atoms with E-state index in [-0.39, 0.29) is 0 Å². The molecule has 0 radical (unpaired) electrons. The van der Waals surface area contributed by atoms with Crippen LogP contribution in [-0.2, 0) is 4.74 Å². The molecule has 48 valence electrons. The normalized spacial score (nSPS) is 39.8. The maximum Gasteiger partial charge on any atom is 0.131 e. The fourth-order valence-electron chi connectivity index (χ4n) is 0.787. The van der Waals surface area contributed by atoms with Gasteiger partial charge in [-0.05, 0) is 12.8 Å². The Labute approximate surface area is 48.4 Å². The largest absolute Gasteiger partial charge is 0.389 e. The van der Waals surface area contributed by atoms with Crippen molar-refractivity contribution in [1.29, 1.82) is 0 Å². The zero-order valence-corrected chi connectivity index (χ0v) is 4.71. The molecule has 0 saturated carbocycles. The highest BCUT2D eigenvalue weighted by Crippen LogP contribution is 2.08. The number of aliphatic hydroxyl groups excluding tert-OH is 1. The quantitative estimate of drug-likeness (QED) is 0.447. The van der Waals surface area contributed by atoms with E-state index in [4.69, 9.17) is 15.6 Å². The first-order chi connectivity index (χ1) is 3.80. The van der Waals surface area contributed by atoms with Crippen molar-refractivity contribution in [2.24, 2.45) is 5.73 Å². The molecular weight excluding hydrogens is 106 g/mol. The Morgan fingerprint density at radius 3 is 2.75 bits per heavy atom. The van der Waals surface area contributed by atoms with Gasteiger partial charge in [0.1, 0.15) is 6.23 Å². The first-order valence-corrected chi connectivity index (χ1v) is 2.86. The van der Waals surface area contributed by atoms with Crippen LogP contribution in [0.3, 0.4) is 0 Å². The summed E-state index contributed by atoms with van der Waals surface area (Å²) in [6.07, 6.45) is 0.822. The van der Waals surface area contributed by atoms with E-state index in [0.717, 1.165) is 12.8 Å². The van der Waals surface area contributed by atoms with Gasteiger partial charge in [0.15, 0.2) is 0 Å². The van der Waals surface area contributed by atoms with Crippen molar-refractivity contribution in [3.63, 3.8) is 0 Å². The molecule has 0 aromatic carbocycles. The minimum atomic E-state index is -0.441. The van der Waals surface area contributed by atoms with Crippen LogP contribution in [0.5, 0.6) is 0 Å². The van der Waals surface area contributed by atoms with E-state index in [1.807, 2.05) is 0 Å². The van der Waals surface area contributed by atoms with Crippen molar-refractivity contribution in [2.45, 2.75) is 25.2 Å². The van der Waals surface area contributed by atoms with E-state index in [1.54, 1.807) is 0 Å². The molecule has 1 heterocycles. The molecule has 8 heavy (non-hydrogen) atoms. The van der Waals surface area contributed by atoms with Crippen molar-refractivity contribution in [3.05, 3.63) is 0 Å². The number of aliphatic hydroxyl groups is 1. The van der Waals surface area contributed by atoms with Crippen LogP contribution in [0.2, 0.25) is 0 Å². The molecule has 1 rings (SSSR count). The second-order valence-electron chi connectivity index (χ2n) is 2.04. The number of ether oxygens (including phenoxy) is 1. The molecule has 0 amide bonds. The Morgan fingerprint density at radius 1 is 1.62 bits per heavy atom. The molecule has 0 bridgehead atoms. The fourth-order valence-corrected chi connectivity index (χ4v) is 0.787. The smallest absolute Gasteiger partial charge is 0.131 e. The topological polar surface area (TPSA) is 55.5 Å². The van der Waals surface area contributed by atoms with Crippen molar-refractivity contribution in [2.75, 3.05) is 6.61 Å². The van der Waals surface area contributed by atoms with E-state index in [2.05, 4.69) is 0 Å². The molecule has 1 fully saturated rings. The van der Waals surface area contributed by atoms with E-state index in [0.29, 0.717) is 6.61 Å². The highest BCUT2D eigenvalue weighted by atomic mass is 16.5. The van der Waals surface area contributed by atoms with Gasteiger partial charge >= 0.3 is 0 Å². The third kappa shape index (κ3) is 1.18. The molecule has 1 aliphatic rings. The molecule has 0 aromatic heterocycles. The molecule has 0 aromatic rings. The lowest BCUT2D eigenvalue weighted by Crippen LogP contribution is -2.40. The Hall–Kier alpha value is -0.120. The summed E-state index contributed by atoms with van der Waals surface area (Å²) in [4.78, 5) is 0. The minimum Gasteiger partial charge on any atom is -0.389 e. The first kappa shape index (κ1) is 6.01. The van der Waals surface area contributed by atoms with Gasteiger partial charge in [-0.15, -0.1) is 0 Å². The Bertz CT molecular complexity index is 66.8. The second-order valence-corrected chi connectivity index (χ2v) is 2.04. The molecule has 0 unspecified atom stereocenters. The Balaban J connectivity index is 2.28. The van der Waals surface area contributed by atoms with Gasteiger partial charge in [0.25, 0.3) is 0 Å². The van der Waals surface area contributed by atoms with Crippen LogP contribution in [0.15, 0.2) is 0 Å². The monoisotopic (exact) mass is 117 g/mol. The van der Waals surface area contributed by atoms with Gasteiger partial charge in [-0.25, -0.2) is 0 Å². The summed E-state index contributed by atoms with van der Waals surface area (Å²) in [5, 5.41) is 8.93. The zero-order valence-electron chi connectivity index (χ0n) is 4.71. The maximum atomic E-state index is 8.93. The first-order valence-electron chi connectivity index (χ1n) is 2.86. The van der Waals surface area contributed by atoms with Crippen LogP contribution in [0.25, 0.3) is 0 Å². The highest BCUT2D eigenvalue weighted by Gasteiger charge is 2.18. The minimum absolute atomic E-state index is 0.441. The van der Waals surface area contributed by atoms with Gasteiger partial charge in [0.05, 0.1) is 6.10 Å². The number of hydrogen-bond donors (Lipinski definition) is 2. The zero-order chi connectivity index (χ0) is 5.98. The summed E-state index contributed by atoms with van der Waals surface area (Å²) in [6, 6.07) is 0. The average molecular weight is 117 g/mol.